The quantitative estimate of drug-likeness (QED) is 0.894. The zero-order valence-electron chi connectivity index (χ0n) is 10.8. The molecule has 0 aromatic heterocycles. The minimum atomic E-state index is -0.560. The van der Waals surface area contributed by atoms with Crippen LogP contribution in [0.15, 0.2) is 48.5 Å². The van der Waals surface area contributed by atoms with Crippen molar-refractivity contribution in [3.63, 3.8) is 0 Å². The van der Waals surface area contributed by atoms with Gasteiger partial charge >= 0.3 is 0 Å². The maximum atomic E-state index is 10.2. The third-order valence-electron chi connectivity index (χ3n) is 2.95. The summed E-state index contributed by atoms with van der Waals surface area (Å²) in [5.74, 6) is 0.816. The molecule has 100 valence electrons. The lowest BCUT2D eigenvalue weighted by molar-refractivity contribution is 0.178. The Morgan fingerprint density at radius 1 is 1.11 bits per heavy atom. The Balaban J connectivity index is 2.07. The van der Waals surface area contributed by atoms with Gasteiger partial charge in [0.1, 0.15) is 5.75 Å². The van der Waals surface area contributed by atoms with Crippen LogP contribution >= 0.6 is 11.6 Å². The predicted octanol–water partition coefficient (Wildman–Crippen LogP) is 4.01. The van der Waals surface area contributed by atoms with Gasteiger partial charge in [0.25, 0.3) is 0 Å². The molecule has 0 saturated carbocycles. The van der Waals surface area contributed by atoms with Gasteiger partial charge < -0.3 is 9.84 Å². The molecule has 0 amide bonds. The Morgan fingerprint density at radius 3 is 2.42 bits per heavy atom. The van der Waals surface area contributed by atoms with E-state index < -0.39 is 6.10 Å². The third kappa shape index (κ3) is 3.72. The van der Waals surface area contributed by atoms with E-state index in [9.17, 15) is 5.11 Å². The molecule has 1 atom stereocenters. The molecule has 19 heavy (non-hydrogen) atoms. The number of halogens is 1. The highest BCUT2D eigenvalue weighted by atomic mass is 35.5. The summed E-state index contributed by atoms with van der Waals surface area (Å²) in [6.45, 7) is 2.59. The summed E-state index contributed by atoms with van der Waals surface area (Å²) in [4.78, 5) is 0. The van der Waals surface area contributed by atoms with Gasteiger partial charge in [-0.25, -0.2) is 0 Å². The van der Waals surface area contributed by atoms with Gasteiger partial charge in [-0.05, 0) is 36.2 Å². The Bertz CT molecular complexity index is 523. The molecule has 0 fully saturated rings. The number of aliphatic hydroxyl groups excluding tert-OH is 1. The van der Waals surface area contributed by atoms with Crippen molar-refractivity contribution in [2.75, 3.05) is 6.61 Å². The highest BCUT2D eigenvalue weighted by Crippen LogP contribution is 2.24. The van der Waals surface area contributed by atoms with Crippen LogP contribution < -0.4 is 4.74 Å². The van der Waals surface area contributed by atoms with E-state index in [2.05, 4.69) is 0 Å². The number of ether oxygens (including phenoxy) is 1. The van der Waals surface area contributed by atoms with E-state index in [0.717, 1.165) is 16.9 Å². The van der Waals surface area contributed by atoms with E-state index in [4.69, 9.17) is 16.3 Å². The minimum Gasteiger partial charge on any atom is -0.494 e. The molecule has 2 rings (SSSR count). The van der Waals surface area contributed by atoms with Crippen LogP contribution in [0.5, 0.6) is 5.75 Å². The van der Waals surface area contributed by atoms with Gasteiger partial charge in [0.15, 0.2) is 0 Å². The highest BCUT2D eigenvalue weighted by Gasteiger charge is 2.10. The normalized spacial score (nSPS) is 12.2. The lowest BCUT2D eigenvalue weighted by Crippen LogP contribution is -2.02. The predicted molar refractivity (Wildman–Crippen MR) is 77.7 cm³/mol. The first-order valence-corrected chi connectivity index (χ1v) is 6.72. The van der Waals surface area contributed by atoms with Gasteiger partial charge in [0.05, 0.1) is 12.7 Å². The van der Waals surface area contributed by atoms with Gasteiger partial charge in [-0.1, -0.05) is 41.9 Å². The van der Waals surface area contributed by atoms with Crippen LogP contribution in [0.1, 0.15) is 24.2 Å². The van der Waals surface area contributed by atoms with Crippen molar-refractivity contribution in [1.29, 1.82) is 0 Å². The van der Waals surface area contributed by atoms with Crippen LogP contribution in [0.3, 0.4) is 0 Å². The molecule has 0 heterocycles. The van der Waals surface area contributed by atoms with Crippen molar-refractivity contribution in [1.82, 2.24) is 0 Å². The molecular formula is C16H17ClO2. The molecule has 0 aliphatic heterocycles. The third-order valence-corrected chi connectivity index (χ3v) is 3.32. The Hall–Kier alpha value is -1.51. The molecular weight excluding hydrogens is 260 g/mol. The molecule has 2 nitrogen and oxygen atoms in total. The van der Waals surface area contributed by atoms with Crippen LogP contribution in [0, 0.1) is 0 Å². The molecule has 1 unspecified atom stereocenters. The van der Waals surface area contributed by atoms with Crippen molar-refractivity contribution in [2.24, 2.45) is 0 Å². The second kappa shape index (κ2) is 6.60. The molecule has 1 N–H and O–H groups in total. The van der Waals surface area contributed by atoms with Gasteiger partial charge in [-0.3, -0.25) is 0 Å². The number of aliphatic hydroxyl groups is 1. The topological polar surface area (TPSA) is 29.5 Å². The van der Waals surface area contributed by atoms with Crippen molar-refractivity contribution in [2.45, 2.75) is 19.4 Å². The van der Waals surface area contributed by atoms with E-state index >= 15 is 0 Å². The van der Waals surface area contributed by atoms with Gasteiger partial charge in [-0.2, -0.15) is 0 Å². The molecule has 0 aliphatic rings. The molecule has 2 aromatic rings. The van der Waals surface area contributed by atoms with Gasteiger partial charge in [-0.15, -0.1) is 0 Å². The molecule has 0 spiro atoms. The fraction of sp³-hybridized carbons (Fsp3) is 0.250. The maximum Gasteiger partial charge on any atom is 0.119 e. The zero-order chi connectivity index (χ0) is 13.7. The minimum absolute atomic E-state index is 0.508. The summed E-state index contributed by atoms with van der Waals surface area (Å²) in [7, 11) is 0. The fourth-order valence-corrected chi connectivity index (χ4v) is 2.16. The molecule has 2 aromatic carbocycles. The monoisotopic (exact) mass is 276 g/mol. The summed E-state index contributed by atoms with van der Waals surface area (Å²) in [5, 5.41) is 10.9. The molecule has 0 aliphatic carbocycles. The van der Waals surface area contributed by atoms with Crippen LogP contribution in [-0.4, -0.2) is 11.7 Å². The Morgan fingerprint density at radius 2 is 1.79 bits per heavy atom. The first kappa shape index (κ1) is 13.9. The first-order valence-electron chi connectivity index (χ1n) is 6.35. The first-order chi connectivity index (χ1) is 9.20. The van der Waals surface area contributed by atoms with Crippen LogP contribution in [0.4, 0.5) is 0 Å². The van der Waals surface area contributed by atoms with Gasteiger partial charge in [0, 0.05) is 11.4 Å². The molecule has 0 saturated heterocycles. The van der Waals surface area contributed by atoms with Crippen molar-refractivity contribution in [3.8, 4) is 5.75 Å². The van der Waals surface area contributed by atoms with E-state index in [-0.39, 0.29) is 0 Å². The van der Waals surface area contributed by atoms with Crippen LogP contribution in [0.2, 0.25) is 5.02 Å². The smallest absolute Gasteiger partial charge is 0.119 e. The van der Waals surface area contributed by atoms with E-state index in [1.807, 2.05) is 55.5 Å². The van der Waals surface area contributed by atoms with E-state index in [1.165, 1.54) is 0 Å². The zero-order valence-corrected chi connectivity index (χ0v) is 11.6. The van der Waals surface area contributed by atoms with Gasteiger partial charge in [0.2, 0.25) is 0 Å². The number of hydrogen-bond acceptors (Lipinski definition) is 2. The second-order valence-electron chi connectivity index (χ2n) is 4.31. The standard InChI is InChI=1S/C16H17ClO2/c1-2-19-14-9-7-12(8-10-14)16(18)11-13-5-3-4-6-15(13)17/h3-10,16,18H,2,11H2,1H3. The molecule has 0 bridgehead atoms. The summed E-state index contributed by atoms with van der Waals surface area (Å²) in [6, 6.07) is 15.1. The van der Waals surface area contributed by atoms with E-state index in [1.54, 1.807) is 0 Å². The highest BCUT2D eigenvalue weighted by molar-refractivity contribution is 6.31. The van der Waals surface area contributed by atoms with Crippen molar-refractivity contribution >= 4 is 11.6 Å². The number of hydrogen-bond donors (Lipinski definition) is 1. The number of benzene rings is 2. The van der Waals surface area contributed by atoms with Crippen molar-refractivity contribution in [3.05, 3.63) is 64.7 Å². The molecule has 3 heteroatoms. The van der Waals surface area contributed by atoms with Crippen LogP contribution in [0.25, 0.3) is 0 Å². The summed E-state index contributed by atoms with van der Waals surface area (Å²) < 4.78 is 5.38. The summed E-state index contributed by atoms with van der Waals surface area (Å²) in [6.07, 6.45) is -0.0521. The Kier molecular flexibility index (Phi) is 4.83. The largest absolute Gasteiger partial charge is 0.494 e. The Labute approximate surface area is 118 Å². The number of rotatable bonds is 5. The summed E-state index contributed by atoms with van der Waals surface area (Å²) >= 11 is 6.09. The average Bonchev–Trinajstić information content (AvgIpc) is 2.42. The SMILES string of the molecule is CCOc1ccc(C(O)Cc2ccccc2Cl)cc1. The maximum absolute atomic E-state index is 10.2. The van der Waals surface area contributed by atoms with Crippen molar-refractivity contribution < 1.29 is 9.84 Å². The van der Waals surface area contributed by atoms with Crippen LogP contribution in [-0.2, 0) is 6.42 Å². The summed E-state index contributed by atoms with van der Waals surface area (Å²) in [5.41, 5.74) is 1.81. The molecule has 0 radical (unpaired) electrons. The average molecular weight is 277 g/mol. The van der Waals surface area contributed by atoms with E-state index in [0.29, 0.717) is 18.1 Å². The second-order valence-corrected chi connectivity index (χ2v) is 4.72. The lowest BCUT2D eigenvalue weighted by Gasteiger charge is -2.13. The lowest BCUT2D eigenvalue weighted by atomic mass is 10.0. The fourth-order valence-electron chi connectivity index (χ4n) is 1.94.